The number of morpholine rings is 1. The first-order chi connectivity index (χ1) is 8.58. The van der Waals surface area contributed by atoms with Crippen LogP contribution in [0.15, 0.2) is 0 Å². The second-order valence-electron chi connectivity index (χ2n) is 4.74. The molecule has 6 heteroatoms. The van der Waals surface area contributed by atoms with Crippen molar-refractivity contribution in [1.82, 2.24) is 10.6 Å². The quantitative estimate of drug-likeness (QED) is 0.597. The summed E-state index contributed by atoms with van der Waals surface area (Å²) in [6, 6.07) is 0. The molecule has 104 valence electrons. The van der Waals surface area contributed by atoms with E-state index in [-0.39, 0.29) is 24.3 Å². The number of hydrogen-bond donors (Lipinski definition) is 3. The van der Waals surface area contributed by atoms with Crippen LogP contribution in [0.3, 0.4) is 0 Å². The van der Waals surface area contributed by atoms with Crippen LogP contribution < -0.4 is 10.6 Å². The molecule has 2 atom stereocenters. The van der Waals surface area contributed by atoms with E-state index in [2.05, 4.69) is 10.6 Å². The molecule has 0 spiro atoms. The van der Waals surface area contributed by atoms with Gasteiger partial charge in [-0.15, -0.1) is 0 Å². The second kappa shape index (κ2) is 8.05. The lowest BCUT2D eigenvalue weighted by atomic mass is 10.1. The third-order valence-electron chi connectivity index (χ3n) is 2.92. The number of hydrogen-bond acceptors (Lipinski definition) is 4. The van der Waals surface area contributed by atoms with Crippen LogP contribution in [-0.2, 0) is 14.3 Å². The SMILES string of the molecule is CC(CCC(=O)O)CNC(=O)CC1CNCCO1. The summed E-state index contributed by atoms with van der Waals surface area (Å²) in [6.45, 7) is 4.65. The topological polar surface area (TPSA) is 87.7 Å². The Morgan fingerprint density at radius 3 is 2.94 bits per heavy atom. The summed E-state index contributed by atoms with van der Waals surface area (Å²) in [7, 11) is 0. The summed E-state index contributed by atoms with van der Waals surface area (Å²) in [5, 5.41) is 14.5. The minimum atomic E-state index is -0.796. The lowest BCUT2D eigenvalue weighted by Gasteiger charge is -2.23. The molecule has 0 saturated carbocycles. The van der Waals surface area contributed by atoms with Crippen molar-refractivity contribution in [2.75, 3.05) is 26.2 Å². The molecule has 0 aromatic carbocycles. The van der Waals surface area contributed by atoms with Gasteiger partial charge in [0.25, 0.3) is 0 Å². The summed E-state index contributed by atoms with van der Waals surface area (Å²) >= 11 is 0. The molecule has 1 fully saturated rings. The monoisotopic (exact) mass is 258 g/mol. The van der Waals surface area contributed by atoms with Crippen molar-refractivity contribution in [3.8, 4) is 0 Å². The highest BCUT2D eigenvalue weighted by Gasteiger charge is 2.17. The van der Waals surface area contributed by atoms with Gasteiger partial charge < -0.3 is 20.5 Å². The largest absolute Gasteiger partial charge is 0.481 e. The molecule has 0 radical (unpaired) electrons. The zero-order valence-corrected chi connectivity index (χ0v) is 10.8. The normalized spacial score (nSPS) is 21.3. The molecule has 6 nitrogen and oxygen atoms in total. The molecule has 18 heavy (non-hydrogen) atoms. The van der Waals surface area contributed by atoms with E-state index in [1.807, 2.05) is 6.92 Å². The molecule has 0 aliphatic carbocycles. The van der Waals surface area contributed by atoms with E-state index in [0.717, 1.165) is 6.54 Å². The van der Waals surface area contributed by atoms with Gasteiger partial charge in [-0.3, -0.25) is 9.59 Å². The van der Waals surface area contributed by atoms with E-state index in [4.69, 9.17) is 9.84 Å². The molecule has 1 saturated heterocycles. The van der Waals surface area contributed by atoms with Gasteiger partial charge in [-0.05, 0) is 12.3 Å². The van der Waals surface area contributed by atoms with Crippen molar-refractivity contribution >= 4 is 11.9 Å². The van der Waals surface area contributed by atoms with Gasteiger partial charge in [-0.25, -0.2) is 0 Å². The van der Waals surface area contributed by atoms with Gasteiger partial charge in [0.2, 0.25) is 5.91 Å². The van der Waals surface area contributed by atoms with Crippen LogP contribution in [0.2, 0.25) is 0 Å². The molecule has 1 aliphatic rings. The van der Waals surface area contributed by atoms with Crippen molar-refractivity contribution in [2.45, 2.75) is 32.3 Å². The number of ether oxygens (including phenoxy) is 1. The van der Waals surface area contributed by atoms with E-state index in [1.165, 1.54) is 0 Å². The van der Waals surface area contributed by atoms with Gasteiger partial charge in [0.1, 0.15) is 0 Å². The Bertz CT molecular complexity index is 277. The van der Waals surface area contributed by atoms with Gasteiger partial charge in [-0.2, -0.15) is 0 Å². The van der Waals surface area contributed by atoms with Crippen LogP contribution in [0.1, 0.15) is 26.2 Å². The lowest BCUT2D eigenvalue weighted by molar-refractivity contribution is -0.137. The van der Waals surface area contributed by atoms with Crippen molar-refractivity contribution < 1.29 is 19.4 Å². The Morgan fingerprint density at radius 1 is 1.56 bits per heavy atom. The fourth-order valence-electron chi connectivity index (χ4n) is 1.79. The lowest BCUT2D eigenvalue weighted by Crippen LogP contribution is -2.41. The molecule has 1 heterocycles. The van der Waals surface area contributed by atoms with Crippen LogP contribution in [0, 0.1) is 5.92 Å². The molecule has 1 rings (SSSR count). The van der Waals surface area contributed by atoms with E-state index < -0.39 is 5.97 Å². The molecule has 3 N–H and O–H groups in total. The maximum absolute atomic E-state index is 11.6. The maximum Gasteiger partial charge on any atom is 0.303 e. The Balaban J connectivity index is 2.10. The average Bonchev–Trinajstić information content (AvgIpc) is 2.35. The smallest absolute Gasteiger partial charge is 0.303 e. The number of amides is 1. The Kier molecular flexibility index (Phi) is 6.67. The van der Waals surface area contributed by atoms with E-state index in [9.17, 15) is 9.59 Å². The number of aliphatic carboxylic acids is 1. The van der Waals surface area contributed by atoms with Crippen molar-refractivity contribution in [1.29, 1.82) is 0 Å². The predicted molar refractivity (Wildman–Crippen MR) is 66.3 cm³/mol. The van der Waals surface area contributed by atoms with Gasteiger partial charge in [-0.1, -0.05) is 6.92 Å². The van der Waals surface area contributed by atoms with Gasteiger partial charge in [0, 0.05) is 26.1 Å². The van der Waals surface area contributed by atoms with Crippen LogP contribution >= 0.6 is 0 Å². The molecule has 0 aromatic rings. The van der Waals surface area contributed by atoms with Crippen LogP contribution in [-0.4, -0.2) is 49.3 Å². The molecular formula is C12H22N2O4. The summed E-state index contributed by atoms with van der Waals surface area (Å²) in [5.74, 6) is -0.656. The highest BCUT2D eigenvalue weighted by atomic mass is 16.5. The first kappa shape index (κ1) is 14.9. The van der Waals surface area contributed by atoms with Gasteiger partial charge in [0.15, 0.2) is 0 Å². The zero-order chi connectivity index (χ0) is 13.4. The summed E-state index contributed by atoms with van der Waals surface area (Å²) < 4.78 is 5.43. The first-order valence-electron chi connectivity index (χ1n) is 6.38. The first-order valence-corrected chi connectivity index (χ1v) is 6.38. The molecular weight excluding hydrogens is 236 g/mol. The number of carboxylic acid groups (broad SMARTS) is 1. The average molecular weight is 258 g/mol. The van der Waals surface area contributed by atoms with Crippen LogP contribution in [0.5, 0.6) is 0 Å². The van der Waals surface area contributed by atoms with Crippen LogP contribution in [0.25, 0.3) is 0 Å². The minimum Gasteiger partial charge on any atom is -0.481 e. The van der Waals surface area contributed by atoms with Crippen LogP contribution in [0.4, 0.5) is 0 Å². The number of rotatable bonds is 7. The number of carbonyl (C=O) groups is 2. The maximum atomic E-state index is 11.6. The predicted octanol–water partition coefficient (Wildman–Crippen LogP) is -0.0180. The minimum absolute atomic E-state index is 0.0362. The number of carbonyl (C=O) groups excluding carboxylic acids is 1. The fourth-order valence-corrected chi connectivity index (χ4v) is 1.79. The Hall–Kier alpha value is -1.14. The van der Waals surface area contributed by atoms with Crippen molar-refractivity contribution in [3.63, 3.8) is 0 Å². The molecule has 0 bridgehead atoms. The number of carboxylic acids is 1. The highest BCUT2D eigenvalue weighted by molar-refractivity contribution is 5.76. The van der Waals surface area contributed by atoms with Gasteiger partial charge in [0.05, 0.1) is 19.1 Å². The Morgan fingerprint density at radius 2 is 2.33 bits per heavy atom. The summed E-state index contributed by atoms with van der Waals surface area (Å²) in [6.07, 6.45) is 1.04. The van der Waals surface area contributed by atoms with Crippen molar-refractivity contribution in [2.24, 2.45) is 5.92 Å². The number of nitrogens with one attached hydrogen (secondary N) is 2. The fraction of sp³-hybridized carbons (Fsp3) is 0.833. The molecule has 1 aliphatic heterocycles. The summed E-state index contributed by atoms with van der Waals surface area (Å²) in [4.78, 5) is 22.0. The molecule has 0 aromatic heterocycles. The van der Waals surface area contributed by atoms with E-state index in [0.29, 0.717) is 32.5 Å². The summed E-state index contributed by atoms with van der Waals surface area (Å²) in [5.41, 5.74) is 0. The zero-order valence-electron chi connectivity index (χ0n) is 10.8. The van der Waals surface area contributed by atoms with E-state index in [1.54, 1.807) is 0 Å². The van der Waals surface area contributed by atoms with Crippen molar-refractivity contribution in [3.05, 3.63) is 0 Å². The third kappa shape index (κ3) is 6.56. The highest BCUT2D eigenvalue weighted by Crippen LogP contribution is 2.05. The standard InChI is InChI=1S/C12H22N2O4/c1-9(2-3-12(16)17)7-14-11(15)6-10-8-13-4-5-18-10/h9-10,13H,2-8H2,1H3,(H,14,15)(H,16,17). The van der Waals surface area contributed by atoms with E-state index >= 15 is 0 Å². The molecule has 1 amide bonds. The second-order valence-corrected chi connectivity index (χ2v) is 4.74. The third-order valence-corrected chi connectivity index (χ3v) is 2.92. The molecule has 2 unspecified atom stereocenters. The Labute approximate surface area is 107 Å². The van der Waals surface area contributed by atoms with Gasteiger partial charge >= 0.3 is 5.97 Å².